The van der Waals surface area contributed by atoms with Crippen LogP contribution in [-0.4, -0.2) is 16.2 Å². The Morgan fingerprint density at radius 1 is 0.569 bits per heavy atom. The highest BCUT2D eigenvalue weighted by molar-refractivity contribution is 6.09. The van der Waals surface area contributed by atoms with Crippen molar-refractivity contribution in [2.75, 3.05) is 16.5 Å². The van der Waals surface area contributed by atoms with E-state index in [1.165, 1.54) is 44.5 Å². The number of benzene rings is 4. The minimum atomic E-state index is 0.00418. The summed E-state index contributed by atoms with van der Waals surface area (Å²) in [6.07, 6.45) is 1.92. The Kier molecular flexibility index (Phi) is 8.32. The summed E-state index contributed by atoms with van der Waals surface area (Å²) in [5, 5.41) is 2.37. The van der Waals surface area contributed by atoms with E-state index in [1.807, 2.05) is 12.3 Å². The molecule has 0 atom stereocenters. The van der Waals surface area contributed by atoms with E-state index in [1.54, 1.807) is 0 Å². The van der Waals surface area contributed by atoms with Crippen molar-refractivity contribution in [1.29, 1.82) is 0 Å². The molecule has 0 aliphatic carbocycles. The lowest BCUT2D eigenvalue weighted by atomic mass is 9.79. The van der Waals surface area contributed by atoms with E-state index in [9.17, 15) is 0 Å². The van der Waals surface area contributed by atoms with Gasteiger partial charge in [-0.15, -0.1) is 0 Å². The molecule has 3 heterocycles. The van der Waals surface area contributed by atoms with Crippen molar-refractivity contribution in [3.8, 4) is 17.3 Å². The number of pyridine rings is 1. The number of hydrogen-bond donors (Lipinski definition) is 0. The number of aromatic nitrogens is 2. The summed E-state index contributed by atoms with van der Waals surface area (Å²) < 4.78 is 8.91. The zero-order valence-corrected chi connectivity index (χ0v) is 32.2. The second-order valence-electron chi connectivity index (χ2n) is 17.2. The third-order valence-corrected chi connectivity index (χ3v) is 10.4. The first kappa shape index (κ1) is 34.4. The monoisotopic (exact) mass is 676 g/mol. The predicted molar refractivity (Wildman–Crippen MR) is 216 cm³/mol. The maximum absolute atomic E-state index is 6.64. The molecule has 6 aromatic rings. The van der Waals surface area contributed by atoms with E-state index < -0.39 is 0 Å². The highest BCUT2D eigenvalue weighted by Gasteiger charge is 2.31. The number of allylic oxidation sites excluding steroid dienone is 2. The summed E-state index contributed by atoms with van der Waals surface area (Å²) in [5.41, 5.74) is 11.2. The quantitative estimate of drug-likeness (QED) is 0.182. The van der Waals surface area contributed by atoms with Crippen LogP contribution in [0, 0.1) is 0 Å². The van der Waals surface area contributed by atoms with Gasteiger partial charge in [0.2, 0.25) is 0 Å². The molecule has 0 saturated carbocycles. The fourth-order valence-corrected chi connectivity index (χ4v) is 7.23. The molecule has 1 aliphatic rings. The highest BCUT2D eigenvalue weighted by atomic mass is 16.5. The highest BCUT2D eigenvalue weighted by Crippen LogP contribution is 2.42. The second kappa shape index (κ2) is 12.3. The van der Waals surface area contributed by atoms with Gasteiger partial charge < -0.3 is 14.5 Å². The third-order valence-electron chi connectivity index (χ3n) is 10.4. The minimum absolute atomic E-state index is 0.00418. The molecule has 1 aliphatic heterocycles. The summed E-state index contributed by atoms with van der Waals surface area (Å²) in [6, 6.07) is 34.8. The maximum Gasteiger partial charge on any atom is 0.137 e. The fourth-order valence-electron chi connectivity index (χ4n) is 7.23. The van der Waals surface area contributed by atoms with Crippen molar-refractivity contribution in [1.82, 2.24) is 9.55 Å². The Bertz CT molecular complexity index is 2310. The number of hydrogen-bond acceptors (Lipinski definition) is 4. The Balaban J connectivity index is 1.22. The summed E-state index contributed by atoms with van der Waals surface area (Å²) in [6.45, 7) is 25.7. The zero-order valence-electron chi connectivity index (χ0n) is 32.2. The van der Waals surface area contributed by atoms with Crippen molar-refractivity contribution >= 4 is 33.2 Å². The van der Waals surface area contributed by atoms with E-state index in [4.69, 9.17) is 9.72 Å². The number of fused-ring (bicyclic) bond motifs is 3. The summed E-state index contributed by atoms with van der Waals surface area (Å²) in [7, 11) is 0. The molecule has 0 unspecified atom stereocenters. The van der Waals surface area contributed by atoms with Gasteiger partial charge in [-0.2, -0.15) is 0 Å². The predicted octanol–water partition coefficient (Wildman–Crippen LogP) is 12.4. The molecule has 51 heavy (non-hydrogen) atoms. The van der Waals surface area contributed by atoms with Crippen molar-refractivity contribution in [2.45, 2.75) is 92.4 Å². The van der Waals surface area contributed by atoms with Gasteiger partial charge in [0, 0.05) is 51.9 Å². The van der Waals surface area contributed by atoms with Gasteiger partial charge in [-0.3, -0.25) is 4.57 Å². The fraction of sp³-hybridized carbons (Fsp3) is 0.326. The Labute approximate surface area is 304 Å². The van der Waals surface area contributed by atoms with Gasteiger partial charge in [-0.1, -0.05) is 98.7 Å². The Hall–Kier alpha value is -5.03. The summed E-state index contributed by atoms with van der Waals surface area (Å²) >= 11 is 0. The number of anilines is 2. The number of nitrogens with zero attached hydrogens (tertiary/aromatic N) is 4. The van der Waals surface area contributed by atoms with Crippen LogP contribution in [-0.2, 0) is 16.2 Å². The molecule has 0 radical (unpaired) electrons. The zero-order chi connectivity index (χ0) is 36.5. The van der Waals surface area contributed by atoms with Gasteiger partial charge in [0.25, 0.3) is 0 Å². The van der Waals surface area contributed by atoms with E-state index in [0.29, 0.717) is 0 Å². The lowest BCUT2D eigenvalue weighted by Gasteiger charge is -2.32. The molecular formula is C46H52N4O. The Morgan fingerprint density at radius 3 is 1.96 bits per heavy atom. The molecule has 0 spiro atoms. The first-order valence-electron chi connectivity index (χ1n) is 18.2. The lowest BCUT2D eigenvalue weighted by molar-refractivity contribution is 0.483. The molecule has 0 amide bonds. The van der Waals surface area contributed by atoms with Gasteiger partial charge in [-0.05, 0) is 95.3 Å². The molecule has 7 rings (SSSR count). The van der Waals surface area contributed by atoms with Crippen LogP contribution in [0.25, 0.3) is 27.6 Å². The number of para-hydroxylation sites is 1. The van der Waals surface area contributed by atoms with Crippen molar-refractivity contribution in [2.24, 2.45) is 0 Å². The van der Waals surface area contributed by atoms with Crippen LogP contribution in [0.1, 0.15) is 92.9 Å². The standard InChI is InChI=1S/C46H52N4O/c1-30-31(2)49(41-22-19-32(44(3,4)5)25-39(41)46(9,10)11)29-48(30)34-15-14-16-35(27-34)51-36-20-21-38-37-17-12-13-18-40(37)50(42(38)28-36)43-26-33(23-24-47-43)45(6,7)8/h12-28H,29H2,1-11H3. The number of rotatable bonds is 5. The van der Waals surface area contributed by atoms with Crippen molar-refractivity contribution in [3.63, 3.8) is 0 Å². The average Bonchev–Trinajstić information content (AvgIpc) is 3.56. The van der Waals surface area contributed by atoms with Crippen LogP contribution in [0.4, 0.5) is 11.4 Å². The Morgan fingerprint density at radius 2 is 1.24 bits per heavy atom. The molecule has 0 saturated heterocycles. The maximum atomic E-state index is 6.64. The third kappa shape index (κ3) is 6.39. The van der Waals surface area contributed by atoms with E-state index in [2.05, 4.69) is 182 Å². The molecule has 5 heteroatoms. The second-order valence-corrected chi connectivity index (χ2v) is 17.2. The minimum Gasteiger partial charge on any atom is -0.457 e. The molecule has 4 aromatic carbocycles. The molecule has 0 fully saturated rings. The average molecular weight is 677 g/mol. The largest absolute Gasteiger partial charge is 0.457 e. The number of ether oxygens (including phenoxy) is 1. The molecule has 0 N–H and O–H groups in total. The molecule has 2 aromatic heterocycles. The van der Waals surface area contributed by atoms with Crippen molar-refractivity contribution < 1.29 is 4.74 Å². The first-order valence-corrected chi connectivity index (χ1v) is 18.2. The van der Waals surface area contributed by atoms with Crippen LogP contribution >= 0.6 is 0 Å². The van der Waals surface area contributed by atoms with Gasteiger partial charge in [0.1, 0.15) is 17.3 Å². The van der Waals surface area contributed by atoms with Crippen LogP contribution in [0.3, 0.4) is 0 Å². The van der Waals surface area contributed by atoms with Gasteiger partial charge in [-0.25, -0.2) is 4.98 Å². The van der Waals surface area contributed by atoms with Gasteiger partial charge in [0.05, 0.1) is 17.7 Å². The molecule has 0 bridgehead atoms. The molecular weight excluding hydrogens is 625 g/mol. The van der Waals surface area contributed by atoms with E-state index in [-0.39, 0.29) is 16.2 Å². The summed E-state index contributed by atoms with van der Waals surface area (Å²) in [4.78, 5) is 9.70. The van der Waals surface area contributed by atoms with Crippen LogP contribution in [0.15, 0.2) is 115 Å². The van der Waals surface area contributed by atoms with E-state index >= 15 is 0 Å². The van der Waals surface area contributed by atoms with Gasteiger partial charge >= 0.3 is 0 Å². The topological polar surface area (TPSA) is 33.5 Å². The smallest absolute Gasteiger partial charge is 0.137 e. The van der Waals surface area contributed by atoms with Crippen LogP contribution < -0.4 is 14.5 Å². The van der Waals surface area contributed by atoms with Crippen LogP contribution in [0.5, 0.6) is 11.5 Å². The normalized spacial score (nSPS) is 14.3. The lowest BCUT2D eigenvalue weighted by Crippen LogP contribution is -2.29. The summed E-state index contributed by atoms with van der Waals surface area (Å²) in [5.74, 6) is 2.50. The molecule has 5 nitrogen and oxygen atoms in total. The van der Waals surface area contributed by atoms with Crippen molar-refractivity contribution in [3.05, 3.63) is 131 Å². The van der Waals surface area contributed by atoms with Gasteiger partial charge in [0.15, 0.2) is 0 Å². The SMILES string of the molecule is CC1=C(C)N(c2ccc(C(C)(C)C)cc2C(C)(C)C)CN1c1cccc(Oc2ccc3c4ccccc4n(-c4cc(C(C)(C)C)ccn4)c3c2)c1. The molecule has 262 valence electrons. The van der Waals surface area contributed by atoms with Crippen LogP contribution in [0.2, 0.25) is 0 Å². The van der Waals surface area contributed by atoms with E-state index in [0.717, 1.165) is 40.7 Å². The first-order chi connectivity index (χ1) is 24.0.